The number of aliphatic hydroxyl groups excluding tert-OH is 1. The van der Waals surface area contributed by atoms with Crippen molar-refractivity contribution >= 4 is 12.0 Å². The van der Waals surface area contributed by atoms with Crippen LogP contribution in [0.3, 0.4) is 0 Å². The number of nitrogens with one attached hydrogen (secondary N) is 1. The highest BCUT2D eigenvalue weighted by atomic mass is 16.5. The van der Waals surface area contributed by atoms with Crippen LogP contribution < -0.4 is 5.32 Å². The third-order valence-electron chi connectivity index (χ3n) is 3.54. The lowest BCUT2D eigenvalue weighted by molar-refractivity contribution is -0.136. The fourth-order valence-corrected chi connectivity index (χ4v) is 2.25. The molecule has 7 heteroatoms. The summed E-state index contributed by atoms with van der Waals surface area (Å²) in [6.07, 6.45) is -0.612. The average Bonchev–Trinajstić information content (AvgIpc) is 2.61. The SMILES string of the molecule is O=C(N[C@H](CO)CC(=O)N1CCOCC1)OCc1ccccc1. The average molecular weight is 322 g/mol. The molecule has 1 fully saturated rings. The van der Waals surface area contributed by atoms with Gasteiger partial charge in [-0.1, -0.05) is 30.3 Å². The molecule has 0 aromatic heterocycles. The highest BCUT2D eigenvalue weighted by Crippen LogP contribution is 2.04. The molecule has 23 heavy (non-hydrogen) atoms. The Bertz CT molecular complexity index is 502. The molecule has 1 aromatic carbocycles. The normalized spacial score (nSPS) is 15.8. The molecule has 1 saturated heterocycles. The Morgan fingerprint density at radius 3 is 2.61 bits per heavy atom. The van der Waals surface area contributed by atoms with Crippen LogP contribution >= 0.6 is 0 Å². The number of carbonyl (C=O) groups is 2. The fraction of sp³-hybridized carbons (Fsp3) is 0.500. The lowest BCUT2D eigenvalue weighted by Gasteiger charge is -2.28. The van der Waals surface area contributed by atoms with Gasteiger partial charge in [-0.15, -0.1) is 0 Å². The molecule has 1 aliphatic heterocycles. The highest BCUT2D eigenvalue weighted by molar-refractivity contribution is 5.78. The Balaban J connectivity index is 1.74. The number of morpholine rings is 1. The van der Waals surface area contributed by atoms with Crippen LogP contribution in [0.5, 0.6) is 0 Å². The number of amides is 2. The van der Waals surface area contributed by atoms with Crippen molar-refractivity contribution in [3.8, 4) is 0 Å². The number of ether oxygens (including phenoxy) is 2. The van der Waals surface area contributed by atoms with Gasteiger partial charge < -0.3 is 24.8 Å². The molecule has 0 aliphatic carbocycles. The van der Waals surface area contributed by atoms with E-state index in [-0.39, 0.29) is 25.5 Å². The first kappa shape index (κ1) is 17.2. The van der Waals surface area contributed by atoms with Crippen LogP contribution in [0, 0.1) is 0 Å². The summed E-state index contributed by atoms with van der Waals surface area (Å²) in [7, 11) is 0. The Morgan fingerprint density at radius 2 is 1.96 bits per heavy atom. The molecule has 1 heterocycles. The number of nitrogens with zero attached hydrogens (tertiary/aromatic N) is 1. The molecule has 0 unspecified atom stereocenters. The Kier molecular flexibility index (Phi) is 6.83. The molecule has 2 N–H and O–H groups in total. The minimum atomic E-state index is -0.659. The molecule has 0 saturated carbocycles. The van der Waals surface area contributed by atoms with E-state index in [1.54, 1.807) is 4.90 Å². The van der Waals surface area contributed by atoms with Crippen LogP contribution in [-0.2, 0) is 20.9 Å². The molecular formula is C16H22N2O5. The summed E-state index contributed by atoms with van der Waals surface area (Å²) in [5.74, 6) is -0.115. The maximum Gasteiger partial charge on any atom is 0.407 e. The van der Waals surface area contributed by atoms with E-state index in [9.17, 15) is 14.7 Å². The summed E-state index contributed by atoms with van der Waals surface area (Å²) in [6.45, 7) is 1.92. The van der Waals surface area contributed by atoms with Gasteiger partial charge in [-0.2, -0.15) is 0 Å². The van der Waals surface area contributed by atoms with Gasteiger partial charge >= 0.3 is 6.09 Å². The van der Waals surface area contributed by atoms with Crippen molar-refractivity contribution in [2.24, 2.45) is 0 Å². The molecule has 7 nitrogen and oxygen atoms in total. The standard InChI is InChI=1S/C16H22N2O5/c19-11-14(10-15(20)18-6-8-22-9-7-18)17-16(21)23-12-13-4-2-1-3-5-13/h1-5,14,19H,6-12H2,(H,17,21)/t14-/m0/s1. The largest absolute Gasteiger partial charge is 0.445 e. The summed E-state index contributed by atoms with van der Waals surface area (Å²) in [4.78, 5) is 25.5. The first-order valence-corrected chi connectivity index (χ1v) is 7.62. The number of aliphatic hydroxyl groups is 1. The zero-order valence-corrected chi connectivity index (χ0v) is 12.9. The zero-order valence-electron chi connectivity index (χ0n) is 12.9. The van der Waals surface area contributed by atoms with Crippen molar-refractivity contribution in [3.63, 3.8) is 0 Å². The predicted octanol–water partition coefficient (Wildman–Crippen LogP) is 0.523. The summed E-state index contributed by atoms with van der Waals surface area (Å²) in [6, 6.07) is 8.62. The summed E-state index contributed by atoms with van der Waals surface area (Å²) >= 11 is 0. The molecule has 2 rings (SSSR count). The van der Waals surface area contributed by atoms with E-state index in [0.29, 0.717) is 26.3 Å². The van der Waals surface area contributed by atoms with Crippen molar-refractivity contribution < 1.29 is 24.2 Å². The van der Waals surface area contributed by atoms with E-state index in [1.165, 1.54) is 0 Å². The number of carbonyl (C=O) groups excluding carboxylic acids is 2. The molecule has 0 spiro atoms. The molecule has 126 valence electrons. The van der Waals surface area contributed by atoms with Gasteiger partial charge in [0.1, 0.15) is 6.61 Å². The van der Waals surface area contributed by atoms with Gasteiger partial charge in [-0.3, -0.25) is 4.79 Å². The van der Waals surface area contributed by atoms with E-state index in [4.69, 9.17) is 9.47 Å². The van der Waals surface area contributed by atoms with Crippen LogP contribution in [-0.4, -0.2) is 61.0 Å². The van der Waals surface area contributed by atoms with Crippen molar-refractivity contribution in [2.45, 2.75) is 19.1 Å². The van der Waals surface area contributed by atoms with E-state index < -0.39 is 12.1 Å². The molecule has 1 aromatic rings. The maximum atomic E-state index is 12.1. The first-order valence-electron chi connectivity index (χ1n) is 7.62. The fourth-order valence-electron chi connectivity index (χ4n) is 2.25. The zero-order chi connectivity index (χ0) is 16.5. The van der Waals surface area contributed by atoms with E-state index in [1.807, 2.05) is 30.3 Å². The number of hydrogen-bond donors (Lipinski definition) is 2. The molecule has 0 radical (unpaired) electrons. The number of alkyl carbamates (subject to hydrolysis) is 1. The van der Waals surface area contributed by atoms with Crippen LogP contribution in [0.15, 0.2) is 30.3 Å². The molecule has 0 bridgehead atoms. The molecule has 1 aliphatic rings. The minimum absolute atomic E-state index is 0.0386. The van der Waals surface area contributed by atoms with Crippen LogP contribution in [0.1, 0.15) is 12.0 Å². The third-order valence-corrected chi connectivity index (χ3v) is 3.54. The Hall–Kier alpha value is -2.12. The van der Waals surface area contributed by atoms with Crippen LogP contribution in [0.2, 0.25) is 0 Å². The minimum Gasteiger partial charge on any atom is -0.445 e. The lowest BCUT2D eigenvalue weighted by Crippen LogP contribution is -2.46. The second-order valence-corrected chi connectivity index (χ2v) is 5.28. The van der Waals surface area contributed by atoms with E-state index >= 15 is 0 Å². The van der Waals surface area contributed by atoms with Crippen molar-refractivity contribution in [3.05, 3.63) is 35.9 Å². The topological polar surface area (TPSA) is 88.1 Å². The van der Waals surface area contributed by atoms with Crippen molar-refractivity contribution in [1.82, 2.24) is 10.2 Å². The Morgan fingerprint density at radius 1 is 1.26 bits per heavy atom. The second kappa shape index (κ2) is 9.12. The van der Waals surface area contributed by atoms with Crippen molar-refractivity contribution in [2.75, 3.05) is 32.9 Å². The molecule has 2 amide bonds. The Labute approximate surface area is 135 Å². The summed E-state index contributed by atoms with van der Waals surface area (Å²) in [5, 5.41) is 11.9. The number of rotatable bonds is 6. The smallest absolute Gasteiger partial charge is 0.407 e. The van der Waals surface area contributed by atoms with Crippen molar-refractivity contribution in [1.29, 1.82) is 0 Å². The monoisotopic (exact) mass is 322 g/mol. The predicted molar refractivity (Wildman–Crippen MR) is 82.7 cm³/mol. The third kappa shape index (κ3) is 5.88. The van der Waals surface area contributed by atoms with E-state index in [2.05, 4.69) is 5.32 Å². The lowest BCUT2D eigenvalue weighted by atomic mass is 10.2. The first-order chi connectivity index (χ1) is 11.2. The maximum absolute atomic E-state index is 12.1. The van der Waals surface area contributed by atoms with Gasteiger partial charge in [-0.25, -0.2) is 4.79 Å². The van der Waals surface area contributed by atoms with Gasteiger partial charge in [0.15, 0.2) is 0 Å². The quantitative estimate of drug-likeness (QED) is 0.797. The number of hydrogen-bond acceptors (Lipinski definition) is 5. The molecular weight excluding hydrogens is 300 g/mol. The highest BCUT2D eigenvalue weighted by Gasteiger charge is 2.22. The van der Waals surface area contributed by atoms with Gasteiger partial charge in [0.25, 0.3) is 0 Å². The summed E-state index contributed by atoms with van der Waals surface area (Å²) < 4.78 is 10.3. The van der Waals surface area contributed by atoms with E-state index in [0.717, 1.165) is 5.56 Å². The molecule has 1 atom stereocenters. The number of benzene rings is 1. The van der Waals surface area contributed by atoms with Gasteiger partial charge in [-0.05, 0) is 5.56 Å². The van der Waals surface area contributed by atoms with Gasteiger partial charge in [0.05, 0.1) is 25.9 Å². The summed E-state index contributed by atoms with van der Waals surface area (Å²) in [5.41, 5.74) is 0.868. The van der Waals surface area contributed by atoms with Crippen LogP contribution in [0.25, 0.3) is 0 Å². The van der Waals surface area contributed by atoms with Crippen LogP contribution in [0.4, 0.5) is 4.79 Å². The van der Waals surface area contributed by atoms with Gasteiger partial charge in [0.2, 0.25) is 5.91 Å². The second-order valence-electron chi connectivity index (χ2n) is 5.28. The van der Waals surface area contributed by atoms with Gasteiger partial charge in [0, 0.05) is 19.5 Å².